The first-order valence-electron chi connectivity index (χ1n) is 8.13. The fraction of sp³-hybridized carbons (Fsp3) is 0.812. The summed E-state index contributed by atoms with van der Waals surface area (Å²) in [6, 6.07) is 3.29. The van der Waals surface area contributed by atoms with Gasteiger partial charge in [-0.05, 0) is 51.0 Å². The molecule has 0 aliphatic carbocycles. The summed E-state index contributed by atoms with van der Waals surface area (Å²) in [4.78, 5) is 0. The SMILES string of the molecule is CCCNC(Cc1ccn(C(C)CC)n1)C1CCCS1. The van der Waals surface area contributed by atoms with Crippen LogP contribution < -0.4 is 5.32 Å². The maximum Gasteiger partial charge on any atom is 0.0640 e. The van der Waals surface area contributed by atoms with Crippen LogP contribution in [-0.4, -0.2) is 33.4 Å². The molecule has 1 aliphatic heterocycles. The van der Waals surface area contributed by atoms with Crippen molar-refractivity contribution in [3.8, 4) is 0 Å². The molecule has 0 aromatic carbocycles. The fourth-order valence-corrected chi connectivity index (χ4v) is 4.12. The summed E-state index contributed by atoms with van der Waals surface area (Å²) in [5, 5.41) is 9.28. The lowest BCUT2D eigenvalue weighted by atomic mass is 10.0. The van der Waals surface area contributed by atoms with Crippen molar-refractivity contribution in [1.29, 1.82) is 0 Å². The van der Waals surface area contributed by atoms with E-state index >= 15 is 0 Å². The van der Waals surface area contributed by atoms with Gasteiger partial charge in [-0.2, -0.15) is 16.9 Å². The van der Waals surface area contributed by atoms with E-state index in [-0.39, 0.29) is 0 Å². The molecule has 3 nitrogen and oxygen atoms in total. The Morgan fingerprint density at radius 2 is 2.35 bits per heavy atom. The maximum atomic E-state index is 4.77. The third-order valence-corrected chi connectivity index (χ3v) is 5.72. The van der Waals surface area contributed by atoms with Crippen LogP contribution in [0.15, 0.2) is 12.3 Å². The van der Waals surface area contributed by atoms with E-state index in [0.29, 0.717) is 12.1 Å². The van der Waals surface area contributed by atoms with Gasteiger partial charge in [-0.25, -0.2) is 0 Å². The van der Waals surface area contributed by atoms with E-state index in [4.69, 9.17) is 5.10 Å². The maximum absolute atomic E-state index is 4.77. The Bertz CT molecular complexity index is 385. The summed E-state index contributed by atoms with van der Waals surface area (Å²) in [6.07, 6.45) is 8.29. The second-order valence-corrected chi connectivity index (χ2v) is 7.21. The lowest BCUT2D eigenvalue weighted by Crippen LogP contribution is -2.39. The summed E-state index contributed by atoms with van der Waals surface area (Å²) in [7, 11) is 0. The summed E-state index contributed by atoms with van der Waals surface area (Å²) in [5.74, 6) is 1.33. The van der Waals surface area contributed by atoms with Gasteiger partial charge >= 0.3 is 0 Å². The quantitative estimate of drug-likeness (QED) is 0.794. The van der Waals surface area contributed by atoms with E-state index in [2.05, 4.69) is 54.8 Å². The Hall–Kier alpha value is -0.480. The molecule has 0 bridgehead atoms. The number of hydrogen-bond donors (Lipinski definition) is 1. The summed E-state index contributed by atoms with van der Waals surface area (Å²) < 4.78 is 2.12. The summed E-state index contributed by atoms with van der Waals surface area (Å²) in [6.45, 7) is 7.81. The molecular weight excluding hydrogens is 266 g/mol. The van der Waals surface area contributed by atoms with Crippen molar-refractivity contribution in [3.05, 3.63) is 18.0 Å². The van der Waals surface area contributed by atoms with Crippen molar-refractivity contribution in [2.24, 2.45) is 0 Å². The van der Waals surface area contributed by atoms with Gasteiger partial charge in [0, 0.05) is 30.0 Å². The van der Waals surface area contributed by atoms with Crippen LogP contribution in [0.1, 0.15) is 58.2 Å². The highest BCUT2D eigenvalue weighted by Crippen LogP contribution is 2.30. The minimum absolute atomic E-state index is 0.506. The Morgan fingerprint density at radius 1 is 1.50 bits per heavy atom. The molecule has 20 heavy (non-hydrogen) atoms. The van der Waals surface area contributed by atoms with Crippen molar-refractivity contribution in [1.82, 2.24) is 15.1 Å². The van der Waals surface area contributed by atoms with Crippen LogP contribution >= 0.6 is 11.8 Å². The van der Waals surface area contributed by atoms with Gasteiger partial charge in [-0.3, -0.25) is 4.68 Å². The average Bonchev–Trinajstić information content (AvgIpc) is 3.13. The van der Waals surface area contributed by atoms with Gasteiger partial charge < -0.3 is 5.32 Å². The highest BCUT2D eigenvalue weighted by atomic mass is 32.2. The highest BCUT2D eigenvalue weighted by molar-refractivity contribution is 8.00. The number of nitrogens with one attached hydrogen (secondary N) is 1. The first kappa shape index (κ1) is 15.9. The van der Waals surface area contributed by atoms with Crippen molar-refractivity contribution in [2.75, 3.05) is 12.3 Å². The predicted molar refractivity (Wildman–Crippen MR) is 88.5 cm³/mol. The molecule has 1 N–H and O–H groups in total. The second kappa shape index (κ2) is 8.08. The van der Waals surface area contributed by atoms with Gasteiger partial charge in [0.25, 0.3) is 0 Å². The van der Waals surface area contributed by atoms with Crippen LogP contribution in [0.2, 0.25) is 0 Å². The number of rotatable bonds is 8. The van der Waals surface area contributed by atoms with Crippen LogP contribution in [0, 0.1) is 0 Å². The van der Waals surface area contributed by atoms with Crippen LogP contribution in [0.3, 0.4) is 0 Å². The molecule has 1 aliphatic rings. The van der Waals surface area contributed by atoms with Crippen LogP contribution in [0.4, 0.5) is 0 Å². The minimum atomic E-state index is 0.506. The molecule has 2 rings (SSSR count). The molecule has 1 saturated heterocycles. The Morgan fingerprint density at radius 3 is 3.00 bits per heavy atom. The van der Waals surface area contributed by atoms with E-state index in [0.717, 1.165) is 24.6 Å². The zero-order valence-corrected chi connectivity index (χ0v) is 14.0. The molecule has 0 radical (unpaired) electrons. The molecule has 1 fully saturated rings. The second-order valence-electron chi connectivity index (χ2n) is 5.86. The zero-order chi connectivity index (χ0) is 14.4. The highest BCUT2D eigenvalue weighted by Gasteiger charge is 2.26. The summed E-state index contributed by atoms with van der Waals surface area (Å²) in [5.41, 5.74) is 1.24. The molecule has 3 atom stereocenters. The van der Waals surface area contributed by atoms with E-state index < -0.39 is 0 Å². The van der Waals surface area contributed by atoms with Gasteiger partial charge in [0.05, 0.1) is 5.69 Å². The average molecular weight is 295 g/mol. The first-order chi connectivity index (χ1) is 9.74. The molecule has 2 heterocycles. The Kier molecular flexibility index (Phi) is 6.43. The molecule has 1 aromatic heterocycles. The number of nitrogens with zero attached hydrogens (tertiary/aromatic N) is 2. The third kappa shape index (κ3) is 4.26. The van der Waals surface area contributed by atoms with Crippen molar-refractivity contribution in [2.45, 2.75) is 70.2 Å². The minimum Gasteiger partial charge on any atom is -0.312 e. The zero-order valence-electron chi connectivity index (χ0n) is 13.1. The summed E-state index contributed by atoms with van der Waals surface area (Å²) >= 11 is 2.14. The normalized spacial score (nSPS) is 22.1. The standard InChI is InChI=1S/C16H29N3S/c1-4-9-17-15(16-7-6-11-20-16)12-14-8-10-19(18-14)13(3)5-2/h8,10,13,15-17H,4-7,9,11-12H2,1-3H3. The van der Waals surface area contributed by atoms with Gasteiger partial charge in [0.2, 0.25) is 0 Å². The molecule has 4 heteroatoms. The number of hydrogen-bond acceptors (Lipinski definition) is 3. The molecule has 1 aromatic rings. The topological polar surface area (TPSA) is 29.9 Å². The van der Waals surface area contributed by atoms with E-state index in [1.165, 1.54) is 30.7 Å². The fourth-order valence-electron chi connectivity index (χ4n) is 2.73. The molecule has 114 valence electrons. The molecule has 0 saturated carbocycles. The van der Waals surface area contributed by atoms with Crippen molar-refractivity contribution < 1.29 is 0 Å². The lowest BCUT2D eigenvalue weighted by molar-refractivity contribution is 0.454. The predicted octanol–water partition coefficient (Wildman–Crippen LogP) is 3.66. The molecule has 0 spiro atoms. The first-order valence-corrected chi connectivity index (χ1v) is 9.18. The van der Waals surface area contributed by atoms with Gasteiger partial charge in [0.15, 0.2) is 0 Å². The van der Waals surface area contributed by atoms with Crippen LogP contribution in [0.5, 0.6) is 0 Å². The smallest absolute Gasteiger partial charge is 0.0640 e. The molecule has 3 unspecified atom stereocenters. The van der Waals surface area contributed by atoms with Gasteiger partial charge in [0.1, 0.15) is 0 Å². The van der Waals surface area contributed by atoms with Crippen molar-refractivity contribution >= 4 is 11.8 Å². The molecule has 0 amide bonds. The largest absolute Gasteiger partial charge is 0.312 e. The monoisotopic (exact) mass is 295 g/mol. The van der Waals surface area contributed by atoms with Crippen LogP contribution in [-0.2, 0) is 6.42 Å². The van der Waals surface area contributed by atoms with Gasteiger partial charge in [-0.15, -0.1) is 0 Å². The lowest BCUT2D eigenvalue weighted by Gasteiger charge is -2.23. The van der Waals surface area contributed by atoms with E-state index in [1.54, 1.807) is 0 Å². The molecular formula is C16H29N3S. The van der Waals surface area contributed by atoms with Crippen LogP contribution in [0.25, 0.3) is 0 Å². The Labute approximate surface area is 127 Å². The number of aromatic nitrogens is 2. The van der Waals surface area contributed by atoms with E-state index in [9.17, 15) is 0 Å². The van der Waals surface area contributed by atoms with E-state index in [1.807, 2.05) is 0 Å². The van der Waals surface area contributed by atoms with Crippen molar-refractivity contribution in [3.63, 3.8) is 0 Å². The Balaban J connectivity index is 1.97. The number of thioether (sulfide) groups is 1. The van der Waals surface area contributed by atoms with Gasteiger partial charge in [-0.1, -0.05) is 13.8 Å². The third-order valence-electron chi connectivity index (χ3n) is 4.21.